The van der Waals surface area contributed by atoms with Crippen molar-refractivity contribution < 1.29 is 19.1 Å². The normalized spacial score (nSPS) is 13.5. The molecule has 0 unspecified atom stereocenters. The summed E-state index contributed by atoms with van der Waals surface area (Å²) < 4.78 is 9.53. The first-order chi connectivity index (χ1) is 14.6. The van der Waals surface area contributed by atoms with Crippen molar-refractivity contribution in [1.82, 2.24) is 0 Å². The van der Waals surface area contributed by atoms with Crippen molar-refractivity contribution in [3.8, 4) is 0 Å². The summed E-state index contributed by atoms with van der Waals surface area (Å²) in [6.07, 6.45) is 15.6. The third-order valence-electron chi connectivity index (χ3n) is 5.18. The van der Waals surface area contributed by atoms with Crippen LogP contribution in [0.1, 0.15) is 86.5 Å². The number of methoxy groups -OCH3 is 2. The van der Waals surface area contributed by atoms with E-state index in [-0.39, 0.29) is 0 Å². The molecule has 0 N–H and O–H groups in total. The van der Waals surface area contributed by atoms with E-state index in [9.17, 15) is 9.59 Å². The zero-order valence-electron chi connectivity index (χ0n) is 20.9. The Bertz CT molecular complexity index is 741. The Morgan fingerprint density at radius 1 is 0.613 bits per heavy atom. The number of rotatable bonds is 13. The lowest BCUT2D eigenvalue weighted by molar-refractivity contribution is -0.139. The van der Waals surface area contributed by atoms with Gasteiger partial charge in [0.1, 0.15) is 0 Å². The molecular weight excluding hydrogens is 388 g/mol. The van der Waals surface area contributed by atoms with E-state index >= 15 is 0 Å². The highest BCUT2D eigenvalue weighted by Gasteiger charge is 2.17. The molecule has 0 saturated heterocycles. The van der Waals surface area contributed by atoms with Crippen LogP contribution in [0.4, 0.5) is 0 Å². The van der Waals surface area contributed by atoms with E-state index in [0.717, 1.165) is 38.5 Å². The highest BCUT2D eigenvalue weighted by Crippen LogP contribution is 2.17. The standard InChI is InChI=1S/C27H42O4/c1-20(2)12-9-13-21(3)14-10-15-22(4)16-11-17-23(5)18-19-25(27(29)31-8)24(6)26(28)30-7/h12,14,16,18H,9-11,13,15,17,19H2,1-8H3/b21-14+,22-16+,23-18+,25-24-. The molecule has 0 rings (SSSR count). The quantitative estimate of drug-likeness (QED) is 0.176. The number of carbonyl (C=O) groups is 2. The Morgan fingerprint density at radius 2 is 1.03 bits per heavy atom. The maximum atomic E-state index is 12.0. The van der Waals surface area contributed by atoms with Gasteiger partial charge in [-0.15, -0.1) is 0 Å². The van der Waals surface area contributed by atoms with Crippen molar-refractivity contribution >= 4 is 11.9 Å². The van der Waals surface area contributed by atoms with Crippen LogP contribution in [0, 0.1) is 0 Å². The second kappa shape index (κ2) is 16.3. The lowest BCUT2D eigenvalue weighted by Crippen LogP contribution is -2.12. The fraction of sp³-hybridized carbons (Fsp3) is 0.556. The van der Waals surface area contributed by atoms with E-state index < -0.39 is 11.9 Å². The Kier molecular flexibility index (Phi) is 15.1. The molecule has 0 fully saturated rings. The Balaban J connectivity index is 4.63. The number of allylic oxidation sites excluding steroid dienone is 8. The van der Waals surface area contributed by atoms with Crippen LogP contribution in [0.5, 0.6) is 0 Å². The minimum atomic E-state index is -0.508. The first-order valence-electron chi connectivity index (χ1n) is 11.1. The monoisotopic (exact) mass is 430 g/mol. The van der Waals surface area contributed by atoms with Gasteiger partial charge in [-0.05, 0) is 86.5 Å². The summed E-state index contributed by atoms with van der Waals surface area (Å²) in [5.74, 6) is -1.00. The van der Waals surface area contributed by atoms with E-state index in [2.05, 4.69) is 45.9 Å². The van der Waals surface area contributed by atoms with E-state index in [1.54, 1.807) is 6.92 Å². The average molecular weight is 431 g/mol. The van der Waals surface area contributed by atoms with Crippen LogP contribution in [0.2, 0.25) is 0 Å². The smallest absolute Gasteiger partial charge is 0.334 e. The topological polar surface area (TPSA) is 52.6 Å². The van der Waals surface area contributed by atoms with Crippen LogP contribution < -0.4 is 0 Å². The largest absolute Gasteiger partial charge is 0.466 e. The Labute approximate surface area is 189 Å². The van der Waals surface area contributed by atoms with Crippen molar-refractivity contribution in [2.24, 2.45) is 0 Å². The number of carbonyl (C=O) groups excluding carboxylic acids is 2. The average Bonchev–Trinajstić information content (AvgIpc) is 2.72. The van der Waals surface area contributed by atoms with Gasteiger partial charge >= 0.3 is 11.9 Å². The van der Waals surface area contributed by atoms with Gasteiger partial charge in [0.2, 0.25) is 0 Å². The van der Waals surface area contributed by atoms with Crippen molar-refractivity contribution in [1.29, 1.82) is 0 Å². The summed E-state index contributed by atoms with van der Waals surface area (Å²) in [7, 11) is 2.62. The van der Waals surface area contributed by atoms with Gasteiger partial charge in [-0.3, -0.25) is 0 Å². The molecule has 0 amide bonds. The minimum absolute atomic E-state index is 0.290. The second-order valence-electron chi connectivity index (χ2n) is 8.34. The highest BCUT2D eigenvalue weighted by molar-refractivity contribution is 6.00. The van der Waals surface area contributed by atoms with Gasteiger partial charge in [0.25, 0.3) is 0 Å². The molecule has 0 aliphatic heterocycles. The van der Waals surface area contributed by atoms with Crippen molar-refractivity contribution in [2.45, 2.75) is 86.5 Å². The summed E-state index contributed by atoms with van der Waals surface area (Å²) in [6, 6.07) is 0. The Hall–Kier alpha value is -2.36. The van der Waals surface area contributed by atoms with Crippen molar-refractivity contribution in [2.75, 3.05) is 14.2 Å². The van der Waals surface area contributed by atoms with Gasteiger partial charge in [-0.1, -0.05) is 46.6 Å². The molecule has 0 bridgehead atoms. The fourth-order valence-electron chi connectivity index (χ4n) is 3.05. The molecule has 0 spiro atoms. The predicted molar refractivity (Wildman–Crippen MR) is 130 cm³/mol. The van der Waals surface area contributed by atoms with Crippen LogP contribution >= 0.6 is 0 Å². The molecule has 0 aliphatic rings. The first-order valence-corrected chi connectivity index (χ1v) is 11.1. The van der Waals surface area contributed by atoms with Crippen LogP contribution in [-0.4, -0.2) is 26.2 Å². The molecule has 31 heavy (non-hydrogen) atoms. The number of hydrogen-bond acceptors (Lipinski definition) is 4. The molecule has 0 aromatic rings. The van der Waals surface area contributed by atoms with Gasteiger partial charge in [-0.2, -0.15) is 0 Å². The maximum absolute atomic E-state index is 12.0. The van der Waals surface area contributed by atoms with Gasteiger partial charge in [0, 0.05) is 5.57 Å². The minimum Gasteiger partial charge on any atom is -0.466 e. The lowest BCUT2D eigenvalue weighted by atomic mass is 10.0. The molecule has 4 heteroatoms. The number of hydrogen-bond donors (Lipinski definition) is 0. The van der Waals surface area contributed by atoms with Gasteiger partial charge in [0.05, 0.1) is 19.8 Å². The van der Waals surface area contributed by atoms with Crippen LogP contribution in [0.15, 0.2) is 57.7 Å². The SMILES string of the molecule is COC(=O)/C(C)=C(/C/C=C(\C)CC/C=C(\C)CC/C=C(\C)CCC=C(C)C)C(=O)OC. The Morgan fingerprint density at radius 3 is 1.45 bits per heavy atom. The number of esters is 2. The molecular formula is C27H42O4. The molecule has 0 heterocycles. The molecule has 0 atom stereocenters. The molecule has 0 aliphatic carbocycles. The van der Waals surface area contributed by atoms with E-state index in [4.69, 9.17) is 9.47 Å². The number of ether oxygens (including phenoxy) is 2. The fourth-order valence-corrected chi connectivity index (χ4v) is 3.05. The lowest BCUT2D eigenvalue weighted by Gasteiger charge is -2.08. The highest BCUT2D eigenvalue weighted by atomic mass is 16.5. The summed E-state index contributed by atoms with van der Waals surface area (Å²) in [6.45, 7) is 12.3. The van der Waals surface area contributed by atoms with Crippen molar-refractivity contribution in [3.63, 3.8) is 0 Å². The van der Waals surface area contributed by atoms with E-state index in [0.29, 0.717) is 17.6 Å². The van der Waals surface area contributed by atoms with Crippen molar-refractivity contribution in [3.05, 3.63) is 57.7 Å². The third-order valence-corrected chi connectivity index (χ3v) is 5.18. The van der Waals surface area contributed by atoms with Gasteiger partial charge in [0.15, 0.2) is 0 Å². The summed E-state index contributed by atoms with van der Waals surface area (Å²) in [5, 5.41) is 0. The van der Waals surface area contributed by atoms with Gasteiger partial charge < -0.3 is 9.47 Å². The molecule has 0 aromatic heterocycles. The van der Waals surface area contributed by atoms with Crippen LogP contribution in [0.25, 0.3) is 0 Å². The zero-order chi connectivity index (χ0) is 23.8. The first kappa shape index (κ1) is 28.6. The predicted octanol–water partition coefficient (Wildman–Crippen LogP) is 7.18. The summed E-state index contributed by atoms with van der Waals surface area (Å²) in [5.41, 5.74) is 6.05. The maximum Gasteiger partial charge on any atom is 0.334 e. The zero-order valence-corrected chi connectivity index (χ0v) is 20.9. The molecule has 0 saturated carbocycles. The third kappa shape index (κ3) is 13.5. The van der Waals surface area contributed by atoms with E-state index in [1.807, 2.05) is 13.0 Å². The van der Waals surface area contributed by atoms with Gasteiger partial charge in [-0.25, -0.2) is 9.59 Å². The molecule has 0 radical (unpaired) electrons. The summed E-state index contributed by atoms with van der Waals surface area (Å²) in [4.78, 5) is 23.7. The molecule has 0 aromatic carbocycles. The van der Waals surface area contributed by atoms with E-state index in [1.165, 1.54) is 36.5 Å². The van der Waals surface area contributed by atoms with Crippen LogP contribution in [0.3, 0.4) is 0 Å². The van der Waals surface area contributed by atoms with Crippen LogP contribution in [-0.2, 0) is 19.1 Å². The molecule has 174 valence electrons. The molecule has 4 nitrogen and oxygen atoms in total. The second-order valence-corrected chi connectivity index (χ2v) is 8.34. The summed E-state index contributed by atoms with van der Waals surface area (Å²) >= 11 is 0.